The Kier molecular flexibility index (Phi) is 5.83. The summed E-state index contributed by atoms with van der Waals surface area (Å²) in [4.78, 5) is 23.5. The van der Waals surface area contributed by atoms with E-state index in [2.05, 4.69) is 4.74 Å². The molecule has 1 atom stereocenters. The van der Waals surface area contributed by atoms with Gasteiger partial charge in [-0.05, 0) is 17.7 Å². The number of halogens is 2. The topological polar surface area (TPSA) is 78.6 Å². The van der Waals surface area contributed by atoms with E-state index in [1.54, 1.807) is 30.3 Å². The summed E-state index contributed by atoms with van der Waals surface area (Å²) >= 11 is 0. The van der Waals surface area contributed by atoms with Gasteiger partial charge in [0.25, 0.3) is 5.91 Å². The van der Waals surface area contributed by atoms with E-state index < -0.39 is 24.6 Å². The smallest absolute Gasteiger partial charge is 0.387 e. The van der Waals surface area contributed by atoms with Gasteiger partial charge in [-0.3, -0.25) is 9.59 Å². The second kappa shape index (κ2) is 8.05. The number of benzene rings is 2. The number of hydrogen-bond acceptors (Lipinski definition) is 4. The van der Waals surface area contributed by atoms with Crippen LogP contribution in [0.15, 0.2) is 54.6 Å². The highest BCUT2D eigenvalue weighted by molar-refractivity contribution is 5.84. The van der Waals surface area contributed by atoms with Gasteiger partial charge >= 0.3 is 12.6 Å². The van der Waals surface area contributed by atoms with Crippen molar-refractivity contribution in [3.63, 3.8) is 0 Å². The number of alkyl halides is 2. The van der Waals surface area contributed by atoms with Crippen LogP contribution >= 0.6 is 0 Å². The molecule has 2 N–H and O–H groups in total. The molecule has 0 bridgehead atoms. The van der Waals surface area contributed by atoms with Crippen molar-refractivity contribution in [3.05, 3.63) is 65.7 Å². The molecule has 7 heteroatoms. The molecule has 126 valence electrons. The van der Waals surface area contributed by atoms with E-state index in [1.165, 1.54) is 24.3 Å². The summed E-state index contributed by atoms with van der Waals surface area (Å²) in [5.74, 6) is -1.46. The third-order valence-electron chi connectivity index (χ3n) is 3.11. The van der Waals surface area contributed by atoms with E-state index in [-0.39, 0.29) is 12.2 Å². The molecule has 0 radical (unpaired) electrons. The minimum atomic E-state index is -2.91. The van der Waals surface area contributed by atoms with E-state index in [0.29, 0.717) is 11.1 Å². The maximum Gasteiger partial charge on any atom is 0.387 e. The van der Waals surface area contributed by atoms with Gasteiger partial charge in [0.15, 0.2) is 0 Å². The van der Waals surface area contributed by atoms with Crippen LogP contribution in [0.1, 0.15) is 17.2 Å². The zero-order valence-corrected chi connectivity index (χ0v) is 12.5. The first-order valence-corrected chi connectivity index (χ1v) is 7.03. The highest BCUT2D eigenvalue weighted by atomic mass is 19.3. The Balaban J connectivity index is 1.99. The molecule has 0 aliphatic carbocycles. The molecule has 2 rings (SSSR count). The minimum Gasteiger partial charge on any atom is -0.447 e. The normalized spacial score (nSPS) is 11.8. The van der Waals surface area contributed by atoms with Crippen LogP contribution in [0.4, 0.5) is 8.78 Å². The molecule has 0 saturated carbocycles. The van der Waals surface area contributed by atoms with Gasteiger partial charge in [0.1, 0.15) is 5.75 Å². The van der Waals surface area contributed by atoms with Crippen molar-refractivity contribution in [1.82, 2.24) is 0 Å². The van der Waals surface area contributed by atoms with Crippen LogP contribution in [-0.2, 0) is 20.7 Å². The van der Waals surface area contributed by atoms with Crippen molar-refractivity contribution >= 4 is 11.9 Å². The predicted octanol–water partition coefficient (Wildman–Crippen LogP) is 2.60. The van der Waals surface area contributed by atoms with Crippen molar-refractivity contribution in [3.8, 4) is 5.75 Å². The fourth-order valence-corrected chi connectivity index (χ4v) is 2.05. The van der Waals surface area contributed by atoms with Crippen molar-refractivity contribution < 1.29 is 27.8 Å². The molecule has 0 unspecified atom stereocenters. The van der Waals surface area contributed by atoms with Crippen molar-refractivity contribution in [1.29, 1.82) is 0 Å². The lowest BCUT2D eigenvalue weighted by Crippen LogP contribution is -2.26. The lowest BCUT2D eigenvalue weighted by atomic mass is 10.1. The van der Waals surface area contributed by atoms with E-state index in [4.69, 9.17) is 10.5 Å². The number of nitrogens with two attached hydrogens (primary N) is 1. The zero-order chi connectivity index (χ0) is 17.5. The van der Waals surface area contributed by atoms with Crippen LogP contribution in [0.5, 0.6) is 5.75 Å². The molecule has 0 aliphatic heterocycles. The standard InChI is InChI=1S/C17H15F2NO4/c18-17(19)23-13-8-6-11(7-9-13)10-14(21)24-15(16(20)22)12-4-2-1-3-5-12/h1-9,15,17H,10H2,(H2,20,22)/t15-/m0/s1. The van der Waals surface area contributed by atoms with Gasteiger partial charge in [-0.15, -0.1) is 0 Å². The summed E-state index contributed by atoms with van der Waals surface area (Å²) in [6.45, 7) is -2.91. The largest absolute Gasteiger partial charge is 0.447 e. The summed E-state index contributed by atoms with van der Waals surface area (Å²) in [5.41, 5.74) is 6.27. The minimum absolute atomic E-state index is 0.0126. The Morgan fingerprint density at radius 2 is 1.62 bits per heavy atom. The second-order valence-electron chi connectivity index (χ2n) is 4.88. The molecular formula is C17H15F2NO4. The number of ether oxygens (including phenoxy) is 2. The van der Waals surface area contributed by atoms with Crippen molar-refractivity contribution in [2.24, 2.45) is 5.73 Å². The molecule has 0 saturated heterocycles. The maximum atomic E-state index is 12.1. The molecule has 2 aromatic rings. The Hall–Kier alpha value is -2.96. The molecule has 0 aromatic heterocycles. The molecular weight excluding hydrogens is 320 g/mol. The number of amides is 1. The number of esters is 1. The third kappa shape index (κ3) is 5.05. The number of carbonyl (C=O) groups excluding carboxylic acids is 2. The quantitative estimate of drug-likeness (QED) is 0.789. The highest BCUT2D eigenvalue weighted by Gasteiger charge is 2.22. The Bertz CT molecular complexity index is 689. The summed E-state index contributed by atoms with van der Waals surface area (Å²) in [5, 5.41) is 0. The number of hydrogen-bond donors (Lipinski definition) is 1. The van der Waals surface area contributed by atoms with Crippen LogP contribution in [0.2, 0.25) is 0 Å². The first-order valence-electron chi connectivity index (χ1n) is 7.03. The predicted molar refractivity (Wildman–Crippen MR) is 81.2 cm³/mol. The van der Waals surface area contributed by atoms with E-state index in [1.807, 2.05) is 0 Å². The molecule has 0 fully saturated rings. The van der Waals surface area contributed by atoms with E-state index in [0.717, 1.165) is 0 Å². The Morgan fingerprint density at radius 1 is 1.00 bits per heavy atom. The molecule has 2 aromatic carbocycles. The van der Waals surface area contributed by atoms with E-state index >= 15 is 0 Å². The van der Waals surface area contributed by atoms with Gasteiger partial charge < -0.3 is 15.2 Å². The first kappa shape index (κ1) is 17.4. The van der Waals surface area contributed by atoms with Crippen LogP contribution in [0, 0.1) is 0 Å². The summed E-state index contributed by atoms with van der Waals surface area (Å²) in [6, 6.07) is 13.9. The first-order chi connectivity index (χ1) is 11.5. The second-order valence-corrected chi connectivity index (χ2v) is 4.88. The molecule has 0 aliphatic rings. The average Bonchev–Trinajstić information content (AvgIpc) is 2.54. The monoisotopic (exact) mass is 335 g/mol. The van der Waals surface area contributed by atoms with Crippen molar-refractivity contribution in [2.75, 3.05) is 0 Å². The van der Waals surface area contributed by atoms with Gasteiger partial charge in [0, 0.05) is 5.56 Å². The highest BCUT2D eigenvalue weighted by Crippen LogP contribution is 2.19. The molecule has 24 heavy (non-hydrogen) atoms. The number of primary amides is 1. The lowest BCUT2D eigenvalue weighted by Gasteiger charge is -2.15. The molecule has 0 heterocycles. The average molecular weight is 335 g/mol. The SMILES string of the molecule is NC(=O)[C@@H](OC(=O)Cc1ccc(OC(F)F)cc1)c1ccccc1. The van der Waals surface area contributed by atoms with Crippen LogP contribution in [0.25, 0.3) is 0 Å². The summed E-state index contributed by atoms with van der Waals surface area (Å²) in [6.07, 6.45) is -1.31. The third-order valence-corrected chi connectivity index (χ3v) is 3.11. The van der Waals surface area contributed by atoms with Crippen molar-refractivity contribution in [2.45, 2.75) is 19.1 Å². The lowest BCUT2D eigenvalue weighted by molar-refractivity contribution is -0.154. The maximum absolute atomic E-state index is 12.1. The number of carbonyl (C=O) groups is 2. The Labute approximate surface area is 137 Å². The van der Waals surface area contributed by atoms with Gasteiger partial charge in [0.05, 0.1) is 6.42 Å². The van der Waals surface area contributed by atoms with Gasteiger partial charge in [-0.25, -0.2) is 0 Å². The van der Waals surface area contributed by atoms with Gasteiger partial charge in [0.2, 0.25) is 6.10 Å². The van der Waals surface area contributed by atoms with Crippen LogP contribution < -0.4 is 10.5 Å². The van der Waals surface area contributed by atoms with E-state index in [9.17, 15) is 18.4 Å². The molecule has 1 amide bonds. The fraction of sp³-hybridized carbons (Fsp3) is 0.176. The van der Waals surface area contributed by atoms with Gasteiger partial charge in [-0.2, -0.15) is 8.78 Å². The van der Waals surface area contributed by atoms with Crippen LogP contribution in [0.3, 0.4) is 0 Å². The molecule has 0 spiro atoms. The van der Waals surface area contributed by atoms with Gasteiger partial charge in [-0.1, -0.05) is 42.5 Å². The Morgan fingerprint density at radius 3 is 2.17 bits per heavy atom. The molecule has 5 nitrogen and oxygen atoms in total. The number of rotatable bonds is 7. The fourth-order valence-electron chi connectivity index (χ4n) is 2.05. The van der Waals surface area contributed by atoms with Crippen LogP contribution in [-0.4, -0.2) is 18.5 Å². The zero-order valence-electron chi connectivity index (χ0n) is 12.5. The summed E-state index contributed by atoms with van der Waals surface area (Å²) < 4.78 is 33.5. The summed E-state index contributed by atoms with van der Waals surface area (Å²) in [7, 11) is 0.